The molecule has 1 fully saturated rings. The number of anilines is 1. The normalized spacial score (nSPS) is 15.6. The highest BCUT2D eigenvalue weighted by molar-refractivity contribution is 7.88. The Morgan fingerprint density at radius 1 is 0.966 bits per heavy atom. The molecule has 1 aliphatic heterocycles. The topological polar surface area (TPSA) is 71.3 Å². The lowest BCUT2D eigenvalue weighted by atomic mass is 10.2. The fraction of sp³-hybridized carbons (Fsp3) is 0.300. The minimum atomic E-state index is -3.38. The number of rotatable bonds is 5. The summed E-state index contributed by atoms with van der Waals surface area (Å²) < 4.78 is 29.1. The number of halogens is 1. The summed E-state index contributed by atoms with van der Waals surface area (Å²) in [5.41, 5.74) is 0.736. The number of hydrogen-bond donors (Lipinski definition) is 0. The molecule has 0 amide bonds. The molecule has 7 nitrogen and oxygen atoms in total. The van der Waals surface area contributed by atoms with Gasteiger partial charge in [0, 0.05) is 49.7 Å². The SMILES string of the molecule is Cc1nc(N2CCN(S(=O)(=O)Cc3ccc(Cl)cc3)CC2)cc(-n2cccc2)n1. The molecule has 4 rings (SSSR count). The summed E-state index contributed by atoms with van der Waals surface area (Å²) in [7, 11) is -3.38. The van der Waals surface area contributed by atoms with Gasteiger partial charge < -0.3 is 9.47 Å². The molecule has 9 heteroatoms. The van der Waals surface area contributed by atoms with Gasteiger partial charge in [-0.3, -0.25) is 0 Å². The van der Waals surface area contributed by atoms with Gasteiger partial charge in [0.15, 0.2) is 0 Å². The van der Waals surface area contributed by atoms with Gasteiger partial charge in [-0.05, 0) is 36.8 Å². The molecule has 1 saturated heterocycles. The van der Waals surface area contributed by atoms with E-state index in [1.165, 1.54) is 0 Å². The van der Waals surface area contributed by atoms with Crippen molar-refractivity contribution >= 4 is 27.4 Å². The minimum absolute atomic E-state index is 0.0193. The Morgan fingerprint density at radius 2 is 1.59 bits per heavy atom. The molecule has 0 radical (unpaired) electrons. The van der Waals surface area contributed by atoms with Crippen LogP contribution in [-0.4, -0.2) is 53.4 Å². The number of benzene rings is 1. The van der Waals surface area contributed by atoms with Crippen LogP contribution in [0.3, 0.4) is 0 Å². The molecule has 0 atom stereocenters. The van der Waals surface area contributed by atoms with E-state index in [9.17, 15) is 8.42 Å². The lowest BCUT2D eigenvalue weighted by molar-refractivity contribution is 0.383. The Hall–Kier alpha value is -2.42. The largest absolute Gasteiger partial charge is 0.354 e. The Morgan fingerprint density at radius 3 is 2.24 bits per heavy atom. The summed E-state index contributed by atoms with van der Waals surface area (Å²) in [6.45, 7) is 3.89. The molecule has 3 heterocycles. The lowest BCUT2D eigenvalue weighted by Crippen LogP contribution is -2.49. The third-order valence-electron chi connectivity index (χ3n) is 4.90. The van der Waals surface area contributed by atoms with Crippen molar-refractivity contribution in [2.24, 2.45) is 0 Å². The number of nitrogens with zero attached hydrogens (tertiary/aromatic N) is 5. The van der Waals surface area contributed by atoms with Crippen molar-refractivity contribution in [1.29, 1.82) is 0 Å². The van der Waals surface area contributed by atoms with E-state index >= 15 is 0 Å². The maximum Gasteiger partial charge on any atom is 0.218 e. The summed E-state index contributed by atoms with van der Waals surface area (Å²) in [5, 5.41) is 0.596. The van der Waals surface area contributed by atoms with Crippen molar-refractivity contribution in [3.8, 4) is 5.82 Å². The Balaban J connectivity index is 1.45. The summed E-state index contributed by atoms with van der Waals surface area (Å²) in [6, 6.07) is 12.8. The summed E-state index contributed by atoms with van der Waals surface area (Å²) >= 11 is 5.88. The first kappa shape index (κ1) is 19.9. The van der Waals surface area contributed by atoms with Crippen LogP contribution in [-0.2, 0) is 15.8 Å². The minimum Gasteiger partial charge on any atom is -0.354 e. The average Bonchev–Trinajstić information content (AvgIpc) is 3.24. The second-order valence-electron chi connectivity index (χ2n) is 6.99. The van der Waals surface area contributed by atoms with Crippen molar-refractivity contribution in [3.63, 3.8) is 0 Å². The highest BCUT2D eigenvalue weighted by Crippen LogP contribution is 2.20. The summed E-state index contributed by atoms with van der Waals surface area (Å²) in [6.07, 6.45) is 3.87. The Bertz CT molecular complexity index is 1080. The van der Waals surface area contributed by atoms with Gasteiger partial charge in [-0.2, -0.15) is 4.31 Å². The molecule has 0 N–H and O–H groups in total. The zero-order valence-corrected chi connectivity index (χ0v) is 17.6. The fourth-order valence-electron chi connectivity index (χ4n) is 3.40. The van der Waals surface area contributed by atoms with Crippen molar-refractivity contribution < 1.29 is 8.42 Å². The second-order valence-corrected chi connectivity index (χ2v) is 9.40. The van der Waals surface area contributed by atoms with Crippen LogP contribution in [0, 0.1) is 6.92 Å². The average molecular weight is 432 g/mol. The number of sulfonamides is 1. The molecule has 0 unspecified atom stereocenters. The molecule has 3 aromatic rings. The number of hydrogen-bond acceptors (Lipinski definition) is 5. The lowest BCUT2D eigenvalue weighted by Gasteiger charge is -2.34. The number of aromatic nitrogens is 3. The quantitative estimate of drug-likeness (QED) is 0.621. The van der Waals surface area contributed by atoms with Crippen LogP contribution < -0.4 is 4.90 Å². The van der Waals surface area contributed by atoms with Crippen LogP contribution in [0.4, 0.5) is 5.82 Å². The van der Waals surface area contributed by atoms with Crippen LogP contribution in [0.15, 0.2) is 54.9 Å². The molecule has 2 aromatic heterocycles. The van der Waals surface area contributed by atoms with E-state index in [0.29, 0.717) is 37.0 Å². The van der Waals surface area contributed by atoms with Gasteiger partial charge in [-0.1, -0.05) is 23.7 Å². The summed E-state index contributed by atoms with van der Waals surface area (Å²) in [5.74, 6) is 2.28. The molecular formula is C20H22ClN5O2S. The van der Waals surface area contributed by atoms with E-state index in [-0.39, 0.29) is 5.75 Å². The first-order chi connectivity index (χ1) is 13.9. The third kappa shape index (κ3) is 4.60. The monoisotopic (exact) mass is 431 g/mol. The maximum atomic E-state index is 12.8. The molecule has 0 saturated carbocycles. The molecule has 152 valence electrons. The van der Waals surface area contributed by atoms with E-state index in [4.69, 9.17) is 11.6 Å². The molecule has 29 heavy (non-hydrogen) atoms. The van der Waals surface area contributed by atoms with Crippen LogP contribution in [0.5, 0.6) is 0 Å². The fourth-order valence-corrected chi connectivity index (χ4v) is 5.04. The first-order valence-electron chi connectivity index (χ1n) is 9.37. The third-order valence-corrected chi connectivity index (χ3v) is 7.00. The zero-order valence-electron chi connectivity index (χ0n) is 16.1. The van der Waals surface area contributed by atoms with Gasteiger partial charge in [-0.25, -0.2) is 18.4 Å². The number of piperazine rings is 1. The Labute approximate surface area is 175 Å². The van der Waals surface area contributed by atoms with E-state index in [1.807, 2.05) is 42.1 Å². The molecule has 0 spiro atoms. The van der Waals surface area contributed by atoms with Crippen LogP contribution in [0.2, 0.25) is 5.02 Å². The zero-order chi connectivity index (χ0) is 20.4. The molecule has 0 aliphatic carbocycles. The van der Waals surface area contributed by atoms with E-state index in [1.54, 1.807) is 28.6 Å². The standard InChI is InChI=1S/C20H22ClN5O2S/c1-16-22-19(24-8-2-3-9-24)14-20(23-16)25-10-12-26(13-11-25)29(27,28)15-17-4-6-18(21)7-5-17/h2-9,14H,10-13,15H2,1H3. The van der Waals surface area contributed by atoms with E-state index in [0.717, 1.165) is 17.2 Å². The van der Waals surface area contributed by atoms with Gasteiger partial charge in [0.25, 0.3) is 0 Å². The van der Waals surface area contributed by atoms with Gasteiger partial charge in [-0.15, -0.1) is 0 Å². The predicted molar refractivity (Wildman–Crippen MR) is 114 cm³/mol. The first-order valence-corrected chi connectivity index (χ1v) is 11.4. The number of aryl methyl sites for hydroxylation is 1. The highest BCUT2D eigenvalue weighted by Gasteiger charge is 2.28. The van der Waals surface area contributed by atoms with E-state index < -0.39 is 10.0 Å². The second kappa shape index (κ2) is 8.14. The predicted octanol–water partition coefficient (Wildman–Crippen LogP) is 2.88. The van der Waals surface area contributed by atoms with Crippen LogP contribution in [0.1, 0.15) is 11.4 Å². The van der Waals surface area contributed by atoms with Gasteiger partial charge >= 0.3 is 0 Å². The highest BCUT2D eigenvalue weighted by atomic mass is 35.5. The Kier molecular flexibility index (Phi) is 5.58. The molecule has 1 aliphatic rings. The van der Waals surface area contributed by atoms with Crippen molar-refractivity contribution in [2.75, 3.05) is 31.1 Å². The van der Waals surface area contributed by atoms with Gasteiger partial charge in [0.05, 0.1) is 5.75 Å². The maximum absolute atomic E-state index is 12.8. The van der Waals surface area contributed by atoms with Gasteiger partial charge in [0.1, 0.15) is 17.5 Å². The smallest absolute Gasteiger partial charge is 0.218 e. The molecule has 1 aromatic carbocycles. The van der Waals surface area contributed by atoms with Crippen molar-refractivity contribution in [1.82, 2.24) is 18.8 Å². The van der Waals surface area contributed by atoms with Gasteiger partial charge in [0.2, 0.25) is 10.0 Å². The van der Waals surface area contributed by atoms with E-state index in [2.05, 4.69) is 14.9 Å². The molecular weight excluding hydrogens is 410 g/mol. The van der Waals surface area contributed by atoms with Crippen LogP contribution >= 0.6 is 11.6 Å². The van der Waals surface area contributed by atoms with Crippen molar-refractivity contribution in [3.05, 3.63) is 71.3 Å². The summed E-state index contributed by atoms with van der Waals surface area (Å²) in [4.78, 5) is 11.1. The van der Waals surface area contributed by atoms with Crippen molar-refractivity contribution in [2.45, 2.75) is 12.7 Å². The molecule has 0 bridgehead atoms. The van der Waals surface area contributed by atoms with Crippen LogP contribution in [0.25, 0.3) is 5.82 Å².